The highest BCUT2D eigenvalue weighted by Gasteiger charge is 2.13. The molecule has 0 unspecified atom stereocenters. The average Bonchev–Trinajstić information content (AvgIpc) is 2.64. The number of anilines is 1. The van der Waals surface area contributed by atoms with Crippen molar-refractivity contribution in [3.63, 3.8) is 0 Å². The summed E-state index contributed by atoms with van der Waals surface area (Å²) in [6.07, 6.45) is 4.31. The predicted octanol–water partition coefficient (Wildman–Crippen LogP) is 4.14. The van der Waals surface area contributed by atoms with E-state index in [9.17, 15) is 14.9 Å². The minimum atomic E-state index is -0.460. The van der Waals surface area contributed by atoms with Crippen LogP contribution in [0.2, 0.25) is 0 Å². The fraction of sp³-hybridized carbons (Fsp3) is 0.100. The average molecular weight is 347 g/mol. The second kappa shape index (κ2) is 7.57. The van der Waals surface area contributed by atoms with E-state index in [1.165, 1.54) is 18.2 Å². The second-order valence-electron chi connectivity index (χ2n) is 5.94. The predicted molar refractivity (Wildman–Crippen MR) is 99.3 cm³/mol. The van der Waals surface area contributed by atoms with Gasteiger partial charge in [-0.25, -0.2) is 0 Å². The van der Waals surface area contributed by atoms with Gasteiger partial charge in [-0.05, 0) is 60.9 Å². The van der Waals surface area contributed by atoms with Gasteiger partial charge in [0.2, 0.25) is 0 Å². The minimum absolute atomic E-state index is 0.00187. The molecule has 1 heterocycles. The molecule has 1 amide bonds. The monoisotopic (exact) mass is 347 g/mol. The van der Waals surface area contributed by atoms with Crippen LogP contribution < -0.4 is 5.32 Å². The van der Waals surface area contributed by atoms with Crippen molar-refractivity contribution in [2.75, 3.05) is 5.32 Å². The highest BCUT2D eigenvalue weighted by molar-refractivity contribution is 6.04. The van der Waals surface area contributed by atoms with Crippen LogP contribution in [-0.4, -0.2) is 15.8 Å². The molecule has 2 aromatic carbocycles. The quantitative estimate of drug-likeness (QED) is 0.555. The molecule has 0 atom stereocenters. The third-order valence-corrected chi connectivity index (χ3v) is 4.03. The van der Waals surface area contributed by atoms with E-state index in [4.69, 9.17) is 0 Å². The number of aromatic nitrogens is 1. The zero-order chi connectivity index (χ0) is 18.5. The summed E-state index contributed by atoms with van der Waals surface area (Å²) in [5.74, 6) is -0.301. The first-order valence-electron chi connectivity index (χ1n) is 8.07. The number of hydrogen-bond acceptors (Lipinski definition) is 4. The standard InChI is InChI=1S/C20H17N3O3/c1-14-12-17(4-7-19(14)23(25)26)20(24)22-18-5-2-15(3-6-18)13-16-8-10-21-11-9-16/h2-12H,13H2,1H3,(H,22,24). The minimum Gasteiger partial charge on any atom is -0.322 e. The van der Waals surface area contributed by atoms with Gasteiger partial charge in [0, 0.05) is 35.3 Å². The number of hydrogen-bond donors (Lipinski definition) is 1. The Morgan fingerprint density at radius 1 is 1.04 bits per heavy atom. The molecule has 1 aromatic heterocycles. The molecule has 0 radical (unpaired) electrons. The zero-order valence-electron chi connectivity index (χ0n) is 14.2. The first-order valence-corrected chi connectivity index (χ1v) is 8.07. The first kappa shape index (κ1) is 17.3. The van der Waals surface area contributed by atoms with E-state index in [2.05, 4.69) is 10.3 Å². The fourth-order valence-corrected chi connectivity index (χ4v) is 2.65. The van der Waals surface area contributed by atoms with Crippen LogP contribution in [0.5, 0.6) is 0 Å². The van der Waals surface area contributed by atoms with E-state index in [0.717, 1.165) is 17.5 Å². The maximum atomic E-state index is 12.3. The third-order valence-electron chi connectivity index (χ3n) is 4.03. The molecule has 0 aliphatic carbocycles. The number of aryl methyl sites for hydroxylation is 1. The Balaban J connectivity index is 1.68. The van der Waals surface area contributed by atoms with E-state index < -0.39 is 4.92 Å². The van der Waals surface area contributed by atoms with Gasteiger partial charge in [0.15, 0.2) is 0 Å². The molecular weight excluding hydrogens is 330 g/mol. The van der Waals surface area contributed by atoms with Crippen molar-refractivity contribution in [2.24, 2.45) is 0 Å². The molecule has 0 saturated carbocycles. The maximum Gasteiger partial charge on any atom is 0.272 e. The van der Waals surface area contributed by atoms with E-state index in [0.29, 0.717) is 16.8 Å². The summed E-state index contributed by atoms with van der Waals surface area (Å²) in [5, 5.41) is 13.7. The van der Waals surface area contributed by atoms with Gasteiger partial charge < -0.3 is 5.32 Å². The van der Waals surface area contributed by atoms with Crippen molar-refractivity contribution in [1.29, 1.82) is 0 Å². The summed E-state index contributed by atoms with van der Waals surface area (Å²) in [5.41, 5.74) is 3.80. The number of amides is 1. The molecule has 6 heteroatoms. The Kier molecular flexibility index (Phi) is 5.03. The van der Waals surface area contributed by atoms with Crippen LogP contribution in [0, 0.1) is 17.0 Å². The maximum absolute atomic E-state index is 12.3. The van der Waals surface area contributed by atoms with Crippen molar-refractivity contribution in [3.8, 4) is 0 Å². The summed E-state index contributed by atoms with van der Waals surface area (Å²) >= 11 is 0. The van der Waals surface area contributed by atoms with E-state index in [1.807, 2.05) is 36.4 Å². The summed E-state index contributed by atoms with van der Waals surface area (Å²) < 4.78 is 0. The van der Waals surface area contributed by atoms with Gasteiger partial charge in [-0.3, -0.25) is 19.9 Å². The van der Waals surface area contributed by atoms with Crippen LogP contribution in [0.25, 0.3) is 0 Å². The number of carbonyl (C=O) groups excluding carboxylic acids is 1. The van der Waals surface area contributed by atoms with Crippen LogP contribution >= 0.6 is 0 Å². The summed E-state index contributed by atoms with van der Waals surface area (Å²) in [6, 6.07) is 15.8. The lowest BCUT2D eigenvalue weighted by molar-refractivity contribution is -0.385. The van der Waals surface area contributed by atoms with Crippen molar-refractivity contribution in [3.05, 3.63) is 99.4 Å². The Hall–Kier alpha value is -3.54. The summed E-state index contributed by atoms with van der Waals surface area (Å²) in [6.45, 7) is 1.61. The summed E-state index contributed by atoms with van der Waals surface area (Å²) in [4.78, 5) is 26.7. The first-order chi connectivity index (χ1) is 12.5. The molecule has 0 saturated heterocycles. The van der Waals surface area contributed by atoms with Crippen LogP contribution in [0.15, 0.2) is 67.0 Å². The van der Waals surface area contributed by atoms with Crippen molar-refractivity contribution in [2.45, 2.75) is 13.3 Å². The second-order valence-corrected chi connectivity index (χ2v) is 5.94. The molecule has 0 aliphatic heterocycles. The molecule has 3 rings (SSSR count). The van der Waals surface area contributed by atoms with E-state index in [-0.39, 0.29) is 11.6 Å². The molecule has 26 heavy (non-hydrogen) atoms. The third kappa shape index (κ3) is 4.10. The lowest BCUT2D eigenvalue weighted by Crippen LogP contribution is -2.12. The number of nitrogens with zero attached hydrogens (tertiary/aromatic N) is 2. The molecule has 0 spiro atoms. The number of nitro groups is 1. The summed E-state index contributed by atoms with van der Waals surface area (Å²) in [7, 11) is 0. The van der Waals surface area contributed by atoms with Gasteiger partial charge in [-0.1, -0.05) is 12.1 Å². The molecule has 0 aliphatic rings. The van der Waals surface area contributed by atoms with Crippen molar-refractivity contribution in [1.82, 2.24) is 4.98 Å². The molecular formula is C20H17N3O3. The Bertz CT molecular complexity index is 938. The van der Waals surface area contributed by atoms with Crippen LogP contribution in [0.3, 0.4) is 0 Å². The van der Waals surface area contributed by atoms with Gasteiger partial charge in [-0.15, -0.1) is 0 Å². The van der Waals surface area contributed by atoms with E-state index in [1.54, 1.807) is 19.3 Å². The lowest BCUT2D eigenvalue weighted by atomic mass is 10.1. The van der Waals surface area contributed by atoms with Crippen LogP contribution in [-0.2, 0) is 6.42 Å². The zero-order valence-corrected chi connectivity index (χ0v) is 14.2. The van der Waals surface area contributed by atoms with Crippen molar-refractivity contribution >= 4 is 17.3 Å². The number of rotatable bonds is 5. The number of nitro benzene ring substituents is 1. The molecule has 130 valence electrons. The molecule has 0 bridgehead atoms. The van der Waals surface area contributed by atoms with E-state index >= 15 is 0 Å². The van der Waals surface area contributed by atoms with Crippen molar-refractivity contribution < 1.29 is 9.72 Å². The number of carbonyl (C=O) groups is 1. The van der Waals surface area contributed by atoms with Gasteiger partial charge in [0.25, 0.3) is 11.6 Å². The van der Waals surface area contributed by atoms with Crippen LogP contribution in [0.1, 0.15) is 27.0 Å². The van der Waals surface area contributed by atoms with Gasteiger partial charge >= 0.3 is 0 Å². The number of nitrogens with one attached hydrogen (secondary N) is 1. The number of benzene rings is 2. The lowest BCUT2D eigenvalue weighted by Gasteiger charge is -2.08. The fourth-order valence-electron chi connectivity index (χ4n) is 2.65. The van der Waals surface area contributed by atoms with Gasteiger partial charge in [0.05, 0.1) is 4.92 Å². The molecule has 6 nitrogen and oxygen atoms in total. The highest BCUT2D eigenvalue weighted by Crippen LogP contribution is 2.20. The Morgan fingerprint density at radius 3 is 2.31 bits per heavy atom. The van der Waals surface area contributed by atoms with Gasteiger partial charge in [-0.2, -0.15) is 0 Å². The topological polar surface area (TPSA) is 85.1 Å². The van der Waals surface area contributed by atoms with Crippen LogP contribution in [0.4, 0.5) is 11.4 Å². The molecule has 3 aromatic rings. The normalized spacial score (nSPS) is 10.3. The Morgan fingerprint density at radius 2 is 1.69 bits per heavy atom. The smallest absolute Gasteiger partial charge is 0.272 e. The van der Waals surface area contributed by atoms with Gasteiger partial charge in [0.1, 0.15) is 0 Å². The SMILES string of the molecule is Cc1cc(C(=O)Nc2ccc(Cc3ccncc3)cc2)ccc1[N+](=O)[O-]. The molecule has 0 fully saturated rings. The largest absolute Gasteiger partial charge is 0.322 e. The number of pyridine rings is 1. The Labute approximate surface area is 150 Å². The highest BCUT2D eigenvalue weighted by atomic mass is 16.6. The molecule has 1 N–H and O–H groups in total.